The van der Waals surface area contributed by atoms with Gasteiger partial charge in [-0.2, -0.15) is 5.26 Å². The molecule has 0 saturated heterocycles. The van der Waals surface area contributed by atoms with Crippen LogP contribution in [0.3, 0.4) is 0 Å². The number of benzene rings is 2. The van der Waals surface area contributed by atoms with Crippen molar-refractivity contribution in [3.63, 3.8) is 0 Å². The van der Waals surface area contributed by atoms with Gasteiger partial charge in [-0.1, -0.05) is 29.3 Å². The molecule has 1 aromatic heterocycles. The van der Waals surface area contributed by atoms with E-state index in [1.807, 2.05) is 0 Å². The molecule has 0 atom stereocenters. The minimum absolute atomic E-state index is 0.178. The van der Waals surface area contributed by atoms with E-state index in [0.717, 1.165) is 0 Å². The third kappa shape index (κ3) is 4.94. The molecule has 0 spiro atoms. The van der Waals surface area contributed by atoms with Gasteiger partial charge in [0.15, 0.2) is 0 Å². The molecule has 0 aliphatic carbocycles. The number of nitriles is 1. The number of aryl methyl sites for hydroxylation is 1. The minimum atomic E-state index is -0.423. The first-order valence-electron chi connectivity index (χ1n) is 7.83. The maximum Gasteiger partial charge on any atom is 0.274 e. The van der Waals surface area contributed by atoms with E-state index >= 15 is 0 Å². The monoisotopic (exact) mass is 397 g/mol. The van der Waals surface area contributed by atoms with Gasteiger partial charge in [-0.05, 0) is 49.4 Å². The lowest BCUT2D eigenvalue weighted by molar-refractivity contribution is 0.102. The Balaban J connectivity index is 1.83. The summed E-state index contributed by atoms with van der Waals surface area (Å²) in [6.07, 6.45) is 0. The van der Waals surface area contributed by atoms with E-state index in [-0.39, 0.29) is 11.6 Å². The molecule has 134 valence electrons. The van der Waals surface area contributed by atoms with Crippen LogP contribution in [-0.4, -0.2) is 15.9 Å². The van der Waals surface area contributed by atoms with Crippen molar-refractivity contribution in [3.05, 3.63) is 75.5 Å². The van der Waals surface area contributed by atoms with Gasteiger partial charge in [0.2, 0.25) is 5.95 Å². The minimum Gasteiger partial charge on any atom is -0.324 e. The molecule has 2 N–H and O–H groups in total. The lowest BCUT2D eigenvalue weighted by Gasteiger charge is -2.09. The topological polar surface area (TPSA) is 90.7 Å². The molecule has 0 fully saturated rings. The first-order valence-corrected chi connectivity index (χ1v) is 8.59. The summed E-state index contributed by atoms with van der Waals surface area (Å²) in [5, 5.41) is 15.5. The first-order chi connectivity index (χ1) is 12.9. The van der Waals surface area contributed by atoms with Crippen molar-refractivity contribution in [2.75, 3.05) is 10.6 Å². The number of anilines is 3. The Morgan fingerprint density at radius 3 is 2.48 bits per heavy atom. The molecule has 6 nitrogen and oxygen atoms in total. The van der Waals surface area contributed by atoms with Crippen molar-refractivity contribution < 1.29 is 4.79 Å². The molecule has 0 aliphatic heterocycles. The fraction of sp³-hybridized carbons (Fsp3) is 0.0526. The van der Waals surface area contributed by atoms with Crippen molar-refractivity contribution in [1.29, 1.82) is 5.26 Å². The zero-order valence-electron chi connectivity index (χ0n) is 14.1. The van der Waals surface area contributed by atoms with Crippen LogP contribution < -0.4 is 10.6 Å². The smallest absolute Gasteiger partial charge is 0.274 e. The van der Waals surface area contributed by atoms with Gasteiger partial charge >= 0.3 is 0 Å². The number of hydrogen-bond donors (Lipinski definition) is 2. The van der Waals surface area contributed by atoms with E-state index in [4.69, 9.17) is 28.5 Å². The summed E-state index contributed by atoms with van der Waals surface area (Å²) in [4.78, 5) is 21.1. The summed E-state index contributed by atoms with van der Waals surface area (Å²) in [5.41, 5.74) is 2.40. The van der Waals surface area contributed by atoms with E-state index in [1.165, 1.54) is 0 Å². The zero-order chi connectivity index (χ0) is 19.4. The molecular formula is C19H13Cl2N5O. The summed E-state index contributed by atoms with van der Waals surface area (Å²) in [6.45, 7) is 1.76. The Labute approximate surface area is 165 Å². The molecule has 1 amide bonds. The van der Waals surface area contributed by atoms with Gasteiger partial charge in [-0.3, -0.25) is 4.79 Å². The van der Waals surface area contributed by atoms with Crippen LogP contribution >= 0.6 is 23.2 Å². The van der Waals surface area contributed by atoms with Crippen molar-refractivity contribution in [2.24, 2.45) is 0 Å². The molecule has 2 aromatic carbocycles. The fourth-order valence-electron chi connectivity index (χ4n) is 2.36. The SMILES string of the molecule is Cc1cc(C(=O)Nc2cc(Cl)cc(Cl)c2)nc(Nc2cccc(C#N)c2)n1. The molecule has 27 heavy (non-hydrogen) atoms. The Morgan fingerprint density at radius 2 is 1.78 bits per heavy atom. The molecule has 0 radical (unpaired) electrons. The number of nitrogens with one attached hydrogen (secondary N) is 2. The number of rotatable bonds is 4. The highest BCUT2D eigenvalue weighted by Gasteiger charge is 2.12. The molecule has 3 rings (SSSR count). The number of nitrogens with zero attached hydrogens (tertiary/aromatic N) is 3. The molecular weight excluding hydrogens is 385 g/mol. The number of carbonyl (C=O) groups excluding carboxylic acids is 1. The van der Waals surface area contributed by atoms with Crippen LogP contribution in [0.15, 0.2) is 48.5 Å². The standard InChI is InChI=1S/C19H13Cl2N5O/c1-11-5-17(18(27)24-16-8-13(20)7-14(21)9-16)26-19(23-11)25-15-4-2-3-12(6-15)10-22/h2-9H,1H3,(H,24,27)(H,23,25,26). The van der Waals surface area contributed by atoms with E-state index in [9.17, 15) is 4.79 Å². The number of carbonyl (C=O) groups is 1. The van der Waals surface area contributed by atoms with Crippen LogP contribution in [0.5, 0.6) is 0 Å². The highest BCUT2D eigenvalue weighted by atomic mass is 35.5. The second-order valence-electron chi connectivity index (χ2n) is 5.65. The van der Waals surface area contributed by atoms with Crippen molar-refractivity contribution >= 4 is 46.4 Å². The number of halogens is 2. The fourth-order valence-corrected chi connectivity index (χ4v) is 2.88. The second kappa shape index (κ2) is 8.04. The maximum atomic E-state index is 12.5. The van der Waals surface area contributed by atoms with Crippen LogP contribution in [0.25, 0.3) is 0 Å². The van der Waals surface area contributed by atoms with Gasteiger partial charge in [0.1, 0.15) is 5.69 Å². The van der Waals surface area contributed by atoms with Crippen molar-refractivity contribution in [2.45, 2.75) is 6.92 Å². The van der Waals surface area contributed by atoms with E-state index in [1.54, 1.807) is 55.5 Å². The summed E-state index contributed by atoms with van der Waals surface area (Å²) in [6, 6.07) is 15.3. The zero-order valence-corrected chi connectivity index (χ0v) is 15.6. The van der Waals surface area contributed by atoms with E-state index in [2.05, 4.69) is 26.7 Å². The lowest BCUT2D eigenvalue weighted by atomic mass is 10.2. The number of hydrogen-bond acceptors (Lipinski definition) is 5. The second-order valence-corrected chi connectivity index (χ2v) is 6.52. The van der Waals surface area contributed by atoms with Crippen molar-refractivity contribution in [3.8, 4) is 6.07 Å². The van der Waals surface area contributed by atoms with Crippen LogP contribution in [0.4, 0.5) is 17.3 Å². The largest absolute Gasteiger partial charge is 0.324 e. The molecule has 8 heteroatoms. The molecule has 0 unspecified atom stereocenters. The summed E-state index contributed by atoms with van der Waals surface area (Å²) in [5.74, 6) is -0.174. The average Bonchev–Trinajstić information content (AvgIpc) is 2.60. The molecule has 3 aromatic rings. The predicted molar refractivity (Wildman–Crippen MR) is 106 cm³/mol. The van der Waals surface area contributed by atoms with Crippen molar-refractivity contribution in [1.82, 2.24) is 9.97 Å². The third-order valence-corrected chi connectivity index (χ3v) is 3.89. The van der Waals surface area contributed by atoms with Gasteiger partial charge in [0.05, 0.1) is 11.6 Å². The Kier molecular flexibility index (Phi) is 5.55. The summed E-state index contributed by atoms with van der Waals surface area (Å²) >= 11 is 11.9. The Hall–Kier alpha value is -3.14. The normalized spacial score (nSPS) is 10.1. The number of aromatic nitrogens is 2. The summed E-state index contributed by atoms with van der Waals surface area (Å²) in [7, 11) is 0. The predicted octanol–water partition coefficient (Wildman–Crippen LogP) is 4.96. The molecule has 0 bridgehead atoms. The Morgan fingerprint density at radius 1 is 1.04 bits per heavy atom. The third-order valence-electron chi connectivity index (χ3n) is 3.46. The Bertz CT molecular complexity index is 1040. The highest BCUT2D eigenvalue weighted by Crippen LogP contribution is 2.23. The van der Waals surface area contributed by atoms with Gasteiger partial charge in [0.25, 0.3) is 5.91 Å². The average molecular weight is 398 g/mol. The van der Waals surface area contributed by atoms with Crippen LogP contribution in [0.1, 0.15) is 21.7 Å². The van der Waals surface area contributed by atoms with Gasteiger partial charge < -0.3 is 10.6 Å². The van der Waals surface area contributed by atoms with Gasteiger partial charge in [-0.15, -0.1) is 0 Å². The van der Waals surface area contributed by atoms with E-state index < -0.39 is 5.91 Å². The van der Waals surface area contributed by atoms with Crippen LogP contribution in [0.2, 0.25) is 10.0 Å². The quantitative estimate of drug-likeness (QED) is 0.648. The first kappa shape index (κ1) is 18.6. The summed E-state index contributed by atoms with van der Waals surface area (Å²) < 4.78 is 0. The van der Waals surface area contributed by atoms with Gasteiger partial charge in [0, 0.05) is 27.1 Å². The van der Waals surface area contributed by atoms with Crippen LogP contribution in [0, 0.1) is 18.3 Å². The molecule has 0 aliphatic rings. The van der Waals surface area contributed by atoms with E-state index in [0.29, 0.717) is 32.7 Å². The van der Waals surface area contributed by atoms with Crippen LogP contribution in [-0.2, 0) is 0 Å². The number of amides is 1. The highest BCUT2D eigenvalue weighted by molar-refractivity contribution is 6.35. The van der Waals surface area contributed by atoms with Gasteiger partial charge in [-0.25, -0.2) is 9.97 Å². The molecule has 1 heterocycles. The molecule has 0 saturated carbocycles. The lowest BCUT2D eigenvalue weighted by Crippen LogP contribution is -2.15. The maximum absolute atomic E-state index is 12.5.